The highest BCUT2D eigenvalue weighted by atomic mass is 32.2. The fraction of sp³-hybridized carbons (Fsp3) is 0.545. The summed E-state index contributed by atoms with van der Waals surface area (Å²) in [6.45, 7) is 0.0637. The molecule has 0 amide bonds. The van der Waals surface area contributed by atoms with Gasteiger partial charge in [-0.15, -0.1) is 11.8 Å². The van der Waals surface area contributed by atoms with Crippen molar-refractivity contribution in [1.82, 2.24) is 19.5 Å². The molecule has 3 heterocycles. The Morgan fingerprint density at radius 3 is 3.06 bits per heavy atom. The van der Waals surface area contributed by atoms with Crippen molar-refractivity contribution in [3.05, 3.63) is 12.7 Å². The minimum atomic E-state index is -0.0863. The molecule has 0 bridgehead atoms. The van der Waals surface area contributed by atoms with E-state index in [1.165, 1.54) is 0 Å². The van der Waals surface area contributed by atoms with Crippen LogP contribution in [0.5, 0.6) is 0 Å². The second-order valence-electron chi connectivity index (χ2n) is 4.18. The van der Waals surface area contributed by atoms with Gasteiger partial charge in [0.15, 0.2) is 5.65 Å². The van der Waals surface area contributed by atoms with E-state index in [4.69, 9.17) is 9.84 Å². The van der Waals surface area contributed by atoms with Gasteiger partial charge in [-0.05, 0) is 19.1 Å². The van der Waals surface area contributed by atoms with E-state index in [0.717, 1.165) is 29.0 Å². The average Bonchev–Trinajstić information content (AvgIpc) is 3.03. The zero-order valence-electron chi connectivity index (χ0n) is 9.98. The molecule has 0 spiro atoms. The lowest BCUT2D eigenvalue weighted by atomic mass is 10.2. The number of aliphatic hydroxyl groups excluding tert-OH is 1. The van der Waals surface area contributed by atoms with Crippen molar-refractivity contribution >= 4 is 22.9 Å². The lowest BCUT2D eigenvalue weighted by Crippen LogP contribution is -2.14. The number of fused-ring (bicyclic) bond motifs is 1. The molecule has 2 atom stereocenters. The molecular formula is C11H14N4O2S. The van der Waals surface area contributed by atoms with Crippen LogP contribution in [0.3, 0.4) is 0 Å². The van der Waals surface area contributed by atoms with E-state index in [1.807, 2.05) is 10.8 Å². The predicted octanol–water partition coefficient (Wildman–Crippen LogP) is 1.22. The number of thioether (sulfide) groups is 1. The summed E-state index contributed by atoms with van der Waals surface area (Å²) in [5.41, 5.74) is 1.60. The van der Waals surface area contributed by atoms with Crippen LogP contribution < -0.4 is 0 Å². The highest BCUT2D eigenvalue weighted by Crippen LogP contribution is 2.31. The monoisotopic (exact) mass is 266 g/mol. The van der Waals surface area contributed by atoms with Gasteiger partial charge in [0.2, 0.25) is 0 Å². The second kappa shape index (κ2) is 4.83. The van der Waals surface area contributed by atoms with Gasteiger partial charge < -0.3 is 9.84 Å². The Hall–Kier alpha value is -1.18. The summed E-state index contributed by atoms with van der Waals surface area (Å²) < 4.78 is 7.67. The van der Waals surface area contributed by atoms with Gasteiger partial charge in [0.25, 0.3) is 0 Å². The number of ether oxygens (including phenoxy) is 1. The standard InChI is InChI=1S/C11H14N4O2S/c1-18-11-9-10(12-5-13-11)15(6-14-9)8-3-2-7(4-16)17-8/h5-8,16H,2-4H2,1H3. The van der Waals surface area contributed by atoms with Gasteiger partial charge in [0.05, 0.1) is 19.0 Å². The Kier molecular flexibility index (Phi) is 3.19. The fourth-order valence-corrected chi connectivity index (χ4v) is 2.71. The van der Waals surface area contributed by atoms with Crippen molar-refractivity contribution < 1.29 is 9.84 Å². The number of rotatable bonds is 3. The van der Waals surface area contributed by atoms with Gasteiger partial charge in [0.1, 0.15) is 23.1 Å². The lowest BCUT2D eigenvalue weighted by molar-refractivity contribution is -0.0207. The summed E-state index contributed by atoms with van der Waals surface area (Å²) in [6, 6.07) is 0. The molecule has 0 radical (unpaired) electrons. The molecule has 1 fully saturated rings. The largest absolute Gasteiger partial charge is 0.394 e. The van der Waals surface area contributed by atoms with Crippen LogP contribution in [0.15, 0.2) is 17.7 Å². The van der Waals surface area contributed by atoms with E-state index >= 15 is 0 Å². The fourth-order valence-electron chi connectivity index (χ4n) is 2.22. The van der Waals surface area contributed by atoms with E-state index in [0.29, 0.717) is 0 Å². The number of nitrogens with zero attached hydrogens (tertiary/aromatic N) is 4. The number of imidazole rings is 1. The zero-order valence-corrected chi connectivity index (χ0v) is 10.8. The van der Waals surface area contributed by atoms with E-state index in [1.54, 1.807) is 24.4 Å². The first-order chi connectivity index (χ1) is 8.83. The van der Waals surface area contributed by atoms with Crippen LogP contribution in [0.4, 0.5) is 0 Å². The summed E-state index contributed by atoms with van der Waals surface area (Å²) in [4.78, 5) is 12.8. The summed E-state index contributed by atoms with van der Waals surface area (Å²) in [5, 5.41) is 9.97. The molecule has 0 aromatic carbocycles. The second-order valence-corrected chi connectivity index (χ2v) is 4.97. The molecule has 1 saturated heterocycles. The highest BCUT2D eigenvalue weighted by Gasteiger charge is 2.27. The average molecular weight is 266 g/mol. The minimum absolute atomic E-state index is 0.0637. The Morgan fingerprint density at radius 2 is 2.33 bits per heavy atom. The van der Waals surface area contributed by atoms with Gasteiger partial charge in [0, 0.05) is 0 Å². The first kappa shape index (κ1) is 11.9. The molecule has 2 unspecified atom stereocenters. The summed E-state index contributed by atoms with van der Waals surface area (Å²) in [7, 11) is 0. The third-order valence-electron chi connectivity index (χ3n) is 3.12. The molecule has 2 aromatic rings. The van der Waals surface area contributed by atoms with Crippen molar-refractivity contribution in [2.45, 2.75) is 30.2 Å². The number of hydrogen-bond acceptors (Lipinski definition) is 6. The van der Waals surface area contributed by atoms with Gasteiger partial charge in [-0.3, -0.25) is 4.57 Å². The normalized spacial score (nSPS) is 23.9. The molecule has 18 heavy (non-hydrogen) atoms. The van der Waals surface area contributed by atoms with Crippen LogP contribution in [-0.4, -0.2) is 43.6 Å². The van der Waals surface area contributed by atoms with Crippen molar-refractivity contribution in [2.75, 3.05) is 12.9 Å². The van der Waals surface area contributed by atoms with Crippen molar-refractivity contribution in [2.24, 2.45) is 0 Å². The quantitative estimate of drug-likeness (QED) is 0.665. The molecule has 1 aliphatic rings. The topological polar surface area (TPSA) is 73.1 Å². The predicted molar refractivity (Wildman–Crippen MR) is 67.3 cm³/mol. The number of hydrogen-bond donors (Lipinski definition) is 1. The summed E-state index contributed by atoms with van der Waals surface area (Å²) in [5.74, 6) is 0. The van der Waals surface area contributed by atoms with Gasteiger partial charge in [-0.25, -0.2) is 15.0 Å². The number of aliphatic hydroxyl groups is 1. The smallest absolute Gasteiger partial charge is 0.166 e. The third-order valence-corrected chi connectivity index (χ3v) is 3.80. The van der Waals surface area contributed by atoms with Crippen LogP contribution in [0, 0.1) is 0 Å². The van der Waals surface area contributed by atoms with Crippen LogP contribution >= 0.6 is 11.8 Å². The lowest BCUT2D eigenvalue weighted by Gasteiger charge is -2.13. The van der Waals surface area contributed by atoms with E-state index < -0.39 is 0 Å². The molecular weight excluding hydrogens is 252 g/mol. The molecule has 1 aliphatic heterocycles. The van der Waals surface area contributed by atoms with Crippen molar-refractivity contribution in [3.63, 3.8) is 0 Å². The number of aromatic nitrogens is 4. The highest BCUT2D eigenvalue weighted by molar-refractivity contribution is 7.98. The van der Waals surface area contributed by atoms with Crippen LogP contribution in [0.1, 0.15) is 19.1 Å². The molecule has 96 valence electrons. The molecule has 0 saturated carbocycles. The van der Waals surface area contributed by atoms with E-state index in [-0.39, 0.29) is 18.9 Å². The molecule has 0 aliphatic carbocycles. The van der Waals surface area contributed by atoms with Crippen LogP contribution in [-0.2, 0) is 4.74 Å². The molecule has 1 N–H and O–H groups in total. The minimum Gasteiger partial charge on any atom is -0.394 e. The van der Waals surface area contributed by atoms with Crippen LogP contribution in [0.25, 0.3) is 11.2 Å². The van der Waals surface area contributed by atoms with E-state index in [9.17, 15) is 0 Å². The van der Waals surface area contributed by atoms with Crippen molar-refractivity contribution in [3.8, 4) is 0 Å². The Labute approximate surface area is 108 Å². The van der Waals surface area contributed by atoms with Gasteiger partial charge >= 0.3 is 0 Å². The maximum absolute atomic E-state index is 9.10. The molecule has 2 aromatic heterocycles. The summed E-state index contributed by atoms with van der Waals surface area (Å²) >= 11 is 1.55. The molecule has 6 nitrogen and oxygen atoms in total. The summed E-state index contributed by atoms with van der Waals surface area (Å²) in [6.07, 6.45) is 6.82. The van der Waals surface area contributed by atoms with Crippen molar-refractivity contribution in [1.29, 1.82) is 0 Å². The van der Waals surface area contributed by atoms with Crippen LogP contribution in [0.2, 0.25) is 0 Å². The molecule has 7 heteroatoms. The third kappa shape index (κ3) is 1.88. The van der Waals surface area contributed by atoms with Gasteiger partial charge in [-0.1, -0.05) is 0 Å². The Morgan fingerprint density at radius 1 is 1.44 bits per heavy atom. The molecule has 3 rings (SSSR count). The van der Waals surface area contributed by atoms with E-state index in [2.05, 4.69) is 15.0 Å². The zero-order chi connectivity index (χ0) is 12.5. The maximum atomic E-state index is 9.10. The first-order valence-electron chi connectivity index (χ1n) is 5.81. The van der Waals surface area contributed by atoms with Gasteiger partial charge in [-0.2, -0.15) is 0 Å². The Balaban J connectivity index is 1.98. The Bertz CT molecular complexity index is 559. The maximum Gasteiger partial charge on any atom is 0.166 e. The first-order valence-corrected chi connectivity index (χ1v) is 7.03. The SMILES string of the molecule is CSc1ncnc2c1ncn2C1CCC(CO)O1.